The Bertz CT molecular complexity index is 962. The summed E-state index contributed by atoms with van der Waals surface area (Å²) in [7, 11) is 0. The minimum atomic E-state index is -1.91. The van der Waals surface area contributed by atoms with Crippen LogP contribution in [0.3, 0.4) is 0 Å². The molecule has 30 heavy (non-hydrogen) atoms. The van der Waals surface area contributed by atoms with E-state index in [0.29, 0.717) is 13.1 Å². The van der Waals surface area contributed by atoms with Crippen molar-refractivity contribution in [3.63, 3.8) is 0 Å². The van der Waals surface area contributed by atoms with Gasteiger partial charge in [-0.05, 0) is 48.0 Å². The molecular formula is C23H23F3N2OS. The lowest BCUT2D eigenvalue weighted by atomic mass is 9.93. The van der Waals surface area contributed by atoms with E-state index in [-0.39, 0.29) is 34.9 Å². The first-order valence-corrected chi connectivity index (χ1v) is 11.2. The molecule has 4 rings (SSSR count). The van der Waals surface area contributed by atoms with Gasteiger partial charge < -0.3 is 4.90 Å². The van der Waals surface area contributed by atoms with E-state index in [1.54, 1.807) is 17.0 Å². The summed E-state index contributed by atoms with van der Waals surface area (Å²) < 4.78 is 48.8. The summed E-state index contributed by atoms with van der Waals surface area (Å²) in [5.74, 6) is -2.39. The molecule has 1 saturated heterocycles. The summed E-state index contributed by atoms with van der Waals surface area (Å²) in [6.07, 6.45) is 5.56. The highest BCUT2D eigenvalue weighted by molar-refractivity contribution is 7.97. The molecule has 0 radical (unpaired) electrons. The van der Waals surface area contributed by atoms with Crippen LogP contribution >= 0.6 is 11.9 Å². The molecule has 3 atom stereocenters. The molecule has 0 bridgehead atoms. The van der Waals surface area contributed by atoms with Crippen LogP contribution in [0.1, 0.15) is 24.8 Å². The van der Waals surface area contributed by atoms with E-state index in [2.05, 4.69) is 4.40 Å². The van der Waals surface area contributed by atoms with Crippen molar-refractivity contribution in [1.82, 2.24) is 4.90 Å². The number of hydrogen-bond acceptors (Lipinski definition) is 3. The van der Waals surface area contributed by atoms with Crippen molar-refractivity contribution in [3.8, 4) is 11.1 Å². The molecule has 7 heteroatoms. The van der Waals surface area contributed by atoms with Crippen molar-refractivity contribution in [3.05, 3.63) is 59.7 Å². The first kappa shape index (κ1) is 21.0. The average Bonchev–Trinajstić information content (AvgIpc) is 3.45. The largest absolute Gasteiger partial charge is 0.342 e. The Kier molecular flexibility index (Phi) is 5.91. The van der Waals surface area contributed by atoms with E-state index in [1.807, 2.05) is 12.5 Å². The molecule has 0 aromatic heterocycles. The molecule has 3 nitrogen and oxygen atoms in total. The highest BCUT2D eigenvalue weighted by Crippen LogP contribution is 2.58. The predicted octanol–water partition coefficient (Wildman–Crippen LogP) is 5.40. The maximum absolute atomic E-state index is 15.9. The lowest BCUT2D eigenvalue weighted by molar-refractivity contribution is -0.135. The highest BCUT2D eigenvalue weighted by Gasteiger charge is 2.62. The quantitative estimate of drug-likeness (QED) is 0.468. The number of alkyl halides is 1. The highest BCUT2D eigenvalue weighted by atomic mass is 32.2. The third kappa shape index (κ3) is 3.87. The molecule has 2 aliphatic rings. The summed E-state index contributed by atoms with van der Waals surface area (Å²) in [6, 6.07) is 9.87. The van der Waals surface area contributed by atoms with Gasteiger partial charge in [0.05, 0.1) is 11.5 Å². The van der Waals surface area contributed by atoms with E-state index in [4.69, 9.17) is 0 Å². The number of carbonyl (C=O) groups is 1. The Morgan fingerprint density at radius 3 is 2.67 bits per heavy atom. The topological polar surface area (TPSA) is 32.7 Å². The Morgan fingerprint density at radius 2 is 1.93 bits per heavy atom. The van der Waals surface area contributed by atoms with E-state index in [1.165, 1.54) is 30.1 Å². The SMILES string of the molecule is CS/N=C\C1CCCN(C(=O)C2CC2(F)c2ccccc2-c2c(F)cccc2F)C1. The normalized spacial score (nSPS) is 26.2. The fourth-order valence-corrected chi connectivity index (χ4v) is 4.63. The summed E-state index contributed by atoms with van der Waals surface area (Å²) in [6.45, 7) is 1.12. The molecule has 1 aliphatic carbocycles. The average molecular weight is 433 g/mol. The fourth-order valence-electron chi connectivity index (χ4n) is 4.34. The third-order valence-electron chi connectivity index (χ3n) is 5.95. The molecule has 1 amide bonds. The number of amides is 1. The van der Waals surface area contributed by atoms with Gasteiger partial charge in [0.25, 0.3) is 0 Å². The van der Waals surface area contributed by atoms with Gasteiger partial charge in [0, 0.05) is 37.9 Å². The van der Waals surface area contributed by atoms with Gasteiger partial charge in [-0.1, -0.05) is 30.3 Å². The van der Waals surface area contributed by atoms with E-state index < -0.39 is 23.2 Å². The van der Waals surface area contributed by atoms with Crippen LogP contribution in [0.25, 0.3) is 11.1 Å². The molecule has 1 saturated carbocycles. The molecule has 2 aromatic carbocycles. The van der Waals surface area contributed by atoms with Crippen LogP contribution in [0.2, 0.25) is 0 Å². The number of rotatable bonds is 5. The van der Waals surface area contributed by atoms with Gasteiger partial charge in [0.2, 0.25) is 5.91 Å². The number of halogens is 3. The van der Waals surface area contributed by atoms with Gasteiger partial charge >= 0.3 is 0 Å². The van der Waals surface area contributed by atoms with Gasteiger partial charge in [0.1, 0.15) is 17.3 Å². The summed E-state index contributed by atoms with van der Waals surface area (Å²) in [5.41, 5.74) is -1.84. The van der Waals surface area contributed by atoms with Crippen molar-refractivity contribution in [2.75, 3.05) is 19.3 Å². The number of likely N-dealkylation sites (tertiary alicyclic amines) is 1. The van der Waals surface area contributed by atoms with Crippen LogP contribution in [0.5, 0.6) is 0 Å². The summed E-state index contributed by atoms with van der Waals surface area (Å²) >= 11 is 1.37. The van der Waals surface area contributed by atoms with Gasteiger partial charge in [-0.15, -0.1) is 0 Å². The standard InChI is InChI=1S/C23H23F3N2OS/c1-30-27-13-15-6-5-11-28(14-15)22(29)18-12-23(18,26)17-8-3-2-7-16(17)21-19(24)9-4-10-20(21)25/h2-4,7-10,13,15,18H,5-6,11-12,14H2,1H3/b27-13-. The Labute approximate surface area is 178 Å². The maximum Gasteiger partial charge on any atom is 0.229 e. The lowest BCUT2D eigenvalue weighted by Crippen LogP contribution is -2.42. The van der Waals surface area contributed by atoms with Crippen LogP contribution in [0.4, 0.5) is 13.2 Å². The lowest BCUT2D eigenvalue weighted by Gasteiger charge is -2.31. The minimum absolute atomic E-state index is 0.0268. The monoisotopic (exact) mass is 432 g/mol. The van der Waals surface area contributed by atoms with Crippen molar-refractivity contribution in [1.29, 1.82) is 0 Å². The molecule has 1 heterocycles. The van der Waals surface area contributed by atoms with Gasteiger partial charge in [-0.3, -0.25) is 4.79 Å². The van der Waals surface area contributed by atoms with Gasteiger partial charge in [0.15, 0.2) is 0 Å². The van der Waals surface area contributed by atoms with Crippen LogP contribution < -0.4 is 0 Å². The molecule has 2 aromatic rings. The van der Waals surface area contributed by atoms with Crippen LogP contribution in [-0.2, 0) is 10.5 Å². The molecule has 0 spiro atoms. The predicted molar refractivity (Wildman–Crippen MR) is 114 cm³/mol. The molecule has 158 valence electrons. The number of benzene rings is 2. The van der Waals surface area contributed by atoms with Crippen molar-refractivity contribution in [2.45, 2.75) is 24.9 Å². The second-order valence-electron chi connectivity index (χ2n) is 7.89. The van der Waals surface area contributed by atoms with Crippen molar-refractivity contribution >= 4 is 24.1 Å². The zero-order chi connectivity index (χ0) is 21.3. The fraction of sp³-hybridized carbons (Fsp3) is 0.391. The maximum atomic E-state index is 15.9. The minimum Gasteiger partial charge on any atom is -0.342 e. The first-order chi connectivity index (χ1) is 14.5. The van der Waals surface area contributed by atoms with E-state index in [9.17, 15) is 13.6 Å². The number of hydrogen-bond donors (Lipinski definition) is 0. The zero-order valence-corrected chi connectivity index (χ0v) is 17.5. The molecular weight excluding hydrogens is 409 g/mol. The summed E-state index contributed by atoms with van der Waals surface area (Å²) in [4.78, 5) is 14.7. The molecule has 0 N–H and O–H groups in total. The summed E-state index contributed by atoms with van der Waals surface area (Å²) in [5, 5.41) is 0. The van der Waals surface area contributed by atoms with Crippen LogP contribution in [-0.4, -0.2) is 36.4 Å². The van der Waals surface area contributed by atoms with E-state index >= 15 is 4.39 Å². The molecule has 3 unspecified atom stereocenters. The Morgan fingerprint density at radius 1 is 1.20 bits per heavy atom. The smallest absolute Gasteiger partial charge is 0.229 e. The number of piperidine rings is 1. The number of nitrogens with zero attached hydrogens (tertiary/aromatic N) is 2. The molecule has 2 fully saturated rings. The van der Waals surface area contributed by atoms with E-state index in [0.717, 1.165) is 25.0 Å². The molecule has 1 aliphatic heterocycles. The first-order valence-electron chi connectivity index (χ1n) is 10.0. The zero-order valence-electron chi connectivity index (χ0n) is 16.7. The second kappa shape index (κ2) is 8.46. The Hall–Kier alpha value is -2.28. The number of carbonyl (C=O) groups excluding carboxylic acids is 1. The second-order valence-corrected chi connectivity index (χ2v) is 8.46. The van der Waals surface area contributed by atoms with Crippen molar-refractivity contribution < 1.29 is 18.0 Å². The van der Waals surface area contributed by atoms with Crippen LogP contribution in [0.15, 0.2) is 46.9 Å². The Balaban J connectivity index is 1.59. The van der Waals surface area contributed by atoms with Gasteiger partial charge in [-0.25, -0.2) is 17.6 Å². The van der Waals surface area contributed by atoms with Crippen LogP contribution in [0, 0.1) is 23.5 Å². The van der Waals surface area contributed by atoms with Crippen molar-refractivity contribution in [2.24, 2.45) is 16.2 Å². The third-order valence-corrected chi connectivity index (χ3v) is 6.28. The van der Waals surface area contributed by atoms with Gasteiger partial charge in [-0.2, -0.15) is 0 Å².